The van der Waals surface area contributed by atoms with E-state index in [2.05, 4.69) is 11.8 Å². The Morgan fingerprint density at radius 3 is 2.72 bits per heavy atom. The topological polar surface area (TPSA) is 37.4 Å². The van der Waals surface area contributed by atoms with Crippen LogP contribution in [0.2, 0.25) is 0 Å². The van der Waals surface area contributed by atoms with E-state index in [1.54, 1.807) is 19.1 Å². The zero-order valence-electron chi connectivity index (χ0n) is 11.1. The van der Waals surface area contributed by atoms with Crippen LogP contribution in [0.3, 0.4) is 0 Å². The molecule has 1 aromatic rings. The molecule has 18 heavy (non-hydrogen) atoms. The van der Waals surface area contributed by atoms with Gasteiger partial charge in [-0.15, -0.1) is 0 Å². The third-order valence-electron chi connectivity index (χ3n) is 3.58. The maximum Gasteiger partial charge on any atom is 0.180 e. The maximum atomic E-state index is 12.1. The first-order valence-electron chi connectivity index (χ1n) is 6.61. The lowest BCUT2D eigenvalue weighted by atomic mass is 10.00. The van der Waals surface area contributed by atoms with Gasteiger partial charge in [-0.05, 0) is 30.9 Å². The van der Waals surface area contributed by atoms with Crippen molar-refractivity contribution in [2.75, 3.05) is 23.7 Å². The van der Waals surface area contributed by atoms with Crippen LogP contribution < -0.4 is 4.90 Å². The average Bonchev–Trinajstić information content (AvgIpc) is 2.39. The third kappa shape index (κ3) is 2.69. The fraction of sp³-hybridized carbons (Fsp3) is 0.571. The van der Waals surface area contributed by atoms with Gasteiger partial charge in [0.1, 0.15) is 0 Å². The van der Waals surface area contributed by atoms with Crippen molar-refractivity contribution in [2.24, 2.45) is 5.92 Å². The van der Waals surface area contributed by atoms with E-state index in [1.807, 2.05) is 12.1 Å². The highest BCUT2D eigenvalue weighted by Gasteiger charge is 2.23. The Kier molecular flexibility index (Phi) is 3.95. The second-order valence-electron chi connectivity index (χ2n) is 5.06. The highest BCUT2D eigenvalue weighted by atomic mass is 32.2. The Morgan fingerprint density at radius 1 is 1.33 bits per heavy atom. The van der Waals surface area contributed by atoms with E-state index < -0.39 is 9.84 Å². The smallest absolute Gasteiger partial charge is 0.180 e. The molecule has 0 bridgehead atoms. The molecule has 0 aliphatic carbocycles. The summed E-state index contributed by atoms with van der Waals surface area (Å²) >= 11 is 0. The van der Waals surface area contributed by atoms with Crippen molar-refractivity contribution < 1.29 is 8.42 Å². The van der Waals surface area contributed by atoms with Crippen LogP contribution in [0, 0.1) is 5.92 Å². The largest absolute Gasteiger partial charge is 0.370 e. The molecule has 0 amide bonds. The summed E-state index contributed by atoms with van der Waals surface area (Å²) < 4.78 is 24.2. The van der Waals surface area contributed by atoms with Gasteiger partial charge in [0, 0.05) is 13.1 Å². The minimum atomic E-state index is -3.14. The summed E-state index contributed by atoms with van der Waals surface area (Å²) in [5.41, 5.74) is 0.880. The van der Waals surface area contributed by atoms with Crippen LogP contribution in [0.5, 0.6) is 0 Å². The van der Waals surface area contributed by atoms with Crippen molar-refractivity contribution in [2.45, 2.75) is 31.6 Å². The minimum absolute atomic E-state index is 0.160. The van der Waals surface area contributed by atoms with Crippen LogP contribution in [0.25, 0.3) is 0 Å². The van der Waals surface area contributed by atoms with Crippen LogP contribution in [0.1, 0.15) is 26.7 Å². The van der Waals surface area contributed by atoms with Crippen LogP contribution in [0.15, 0.2) is 29.2 Å². The molecule has 1 atom stereocenters. The summed E-state index contributed by atoms with van der Waals surface area (Å²) in [5, 5.41) is 0. The molecule has 0 spiro atoms. The zero-order chi connectivity index (χ0) is 13.2. The number of nitrogens with zero attached hydrogens (tertiary/aromatic N) is 1. The van der Waals surface area contributed by atoms with Gasteiger partial charge in [0.15, 0.2) is 9.84 Å². The normalized spacial score (nSPS) is 21.0. The van der Waals surface area contributed by atoms with Crippen molar-refractivity contribution >= 4 is 15.5 Å². The van der Waals surface area contributed by atoms with Crippen molar-refractivity contribution in [3.63, 3.8) is 0 Å². The van der Waals surface area contributed by atoms with Crippen LogP contribution in [-0.4, -0.2) is 27.3 Å². The van der Waals surface area contributed by atoms with E-state index in [0.717, 1.165) is 25.2 Å². The number of hydrogen-bond donors (Lipinski definition) is 0. The molecule has 0 N–H and O–H groups in total. The number of benzene rings is 1. The van der Waals surface area contributed by atoms with Gasteiger partial charge in [0.25, 0.3) is 0 Å². The summed E-state index contributed by atoms with van der Waals surface area (Å²) in [6.07, 6.45) is 2.38. The Morgan fingerprint density at radius 2 is 2.06 bits per heavy atom. The van der Waals surface area contributed by atoms with Gasteiger partial charge in [-0.2, -0.15) is 0 Å². The molecule has 1 unspecified atom stereocenters. The first kappa shape index (κ1) is 13.4. The van der Waals surface area contributed by atoms with Gasteiger partial charge in [0.2, 0.25) is 0 Å². The van der Waals surface area contributed by atoms with E-state index in [1.165, 1.54) is 6.42 Å². The standard InChI is InChI=1S/C14H21NO2S/c1-3-18(16,17)14-9-5-4-8-13(14)15-10-6-7-12(2)11-15/h4-5,8-9,12H,3,6-7,10-11H2,1-2H3. The van der Waals surface area contributed by atoms with Gasteiger partial charge in [-0.25, -0.2) is 8.42 Å². The molecule has 1 saturated heterocycles. The number of hydrogen-bond acceptors (Lipinski definition) is 3. The minimum Gasteiger partial charge on any atom is -0.370 e. The van der Waals surface area contributed by atoms with E-state index in [0.29, 0.717) is 10.8 Å². The molecule has 100 valence electrons. The Balaban J connectivity index is 2.39. The highest BCUT2D eigenvalue weighted by Crippen LogP contribution is 2.29. The van der Waals surface area contributed by atoms with Crippen molar-refractivity contribution in [1.29, 1.82) is 0 Å². The van der Waals surface area contributed by atoms with Crippen LogP contribution >= 0.6 is 0 Å². The SMILES string of the molecule is CCS(=O)(=O)c1ccccc1N1CCCC(C)C1. The molecule has 1 aliphatic heterocycles. The summed E-state index contributed by atoms with van der Waals surface area (Å²) in [5.74, 6) is 0.795. The summed E-state index contributed by atoms with van der Waals surface area (Å²) in [6.45, 7) is 5.84. The first-order chi connectivity index (χ1) is 8.54. The fourth-order valence-electron chi connectivity index (χ4n) is 2.55. The number of rotatable bonds is 3. The predicted molar refractivity (Wildman–Crippen MR) is 74.8 cm³/mol. The lowest BCUT2D eigenvalue weighted by Crippen LogP contribution is -2.35. The third-order valence-corrected chi connectivity index (χ3v) is 5.35. The number of piperidine rings is 1. The lowest BCUT2D eigenvalue weighted by Gasteiger charge is -2.33. The lowest BCUT2D eigenvalue weighted by molar-refractivity contribution is 0.445. The molecular weight excluding hydrogens is 246 g/mol. The average molecular weight is 267 g/mol. The summed E-state index contributed by atoms with van der Waals surface area (Å²) in [4.78, 5) is 2.71. The van der Waals surface area contributed by atoms with Crippen molar-refractivity contribution in [3.8, 4) is 0 Å². The fourth-order valence-corrected chi connectivity index (χ4v) is 3.66. The number of anilines is 1. The summed E-state index contributed by atoms with van der Waals surface area (Å²) in [7, 11) is -3.14. The molecule has 0 radical (unpaired) electrons. The van der Waals surface area contributed by atoms with Crippen molar-refractivity contribution in [1.82, 2.24) is 0 Å². The molecule has 0 aromatic heterocycles. The molecule has 0 saturated carbocycles. The van der Waals surface area contributed by atoms with E-state index in [-0.39, 0.29) is 5.75 Å². The molecule has 1 fully saturated rings. The van der Waals surface area contributed by atoms with Gasteiger partial charge >= 0.3 is 0 Å². The molecule has 2 rings (SSSR count). The second kappa shape index (κ2) is 5.31. The Hall–Kier alpha value is -1.03. The molecular formula is C14H21NO2S. The van der Waals surface area contributed by atoms with Gasteiger partial charge in [-0.1, -0.05) is 26.0 Å². The first-order valence-corrected chi connectivity index (χ1v) is 8.26. The van der Waals surface area contributed by atoms with E-state index in [9.17, 15) is 8.42 Å². The number of sulfone groups is 1. The van der Waals surface area contributed by atoms with E-state index >= 15 is 0 Å². The predicted octanol–water partition coefficient (Wildman–Crippen LogP) is 2.72. The van der Waals surface area contributed by atoms with E-state index in [4.69, 9.17) is 0 Å². The maximum absolute atomic E-state index is 12.1. The zero-order valence-corrected chi connectivity index (χ0v) is 11.9. The molecule has 1 aromatic carbocycles. The second-order valence-corrected chi connectivity index (χ2v) is 7.31. The Labute approximate surface area is 110 Å². The molecule has 4 heteroatoms. The molecule has 3 nitrogen and oxygen atoms in total. The Bertz CT molecular complexity index is 510. The monoisotopic (exact) mass is 267 g/mol. The highest BCUT2D eigenvalue weighted by molar-refractivity contribution is 7.91. The van der Waals surface area contributed by atoms with Gasteiger partial charge in [-0.3, -0.25) is 0 Å². The van der Waals surface area contributed by atoms with Crippen LogP contribution in [0.4, 0.5) is 5.69 Å². The van der Waals surface area contributed by atoms with Crippen LogP contribution in [-0.2, 0) is 9.84 Å². The molecule has 1 heterocycles. The van der Waals surface area contributed by atoms with Gasteiger partial charge < -0.3 is 4.90 Å². The van der Waals surface area contributed by atoms with Gasteiger partial charge in [0.05, 0.1) is 16.3 Å². The quantitative estimate of drug-likeness (QED) is 0.845. The van der Waals surface area contributed by atoms with Crippen molar-refractivity contribution in [3.05, 3.63) is 24.3 Å². The number of para-hydroxylation sites is 1. The summed E-state index contributed by atoms with van der Waals surface area (Å²) in [6, 6.07) is 7.39. The molecule has 1 aliphatic rings.